The standard InChI is InChI=1S/C10H12I2O/c1-6(2)10(13)9-7(11)4-3-5-8(9)12/h3-6,10,13H,1-2H3. The second-order valence-corrected chi connectivity index (χ2v) is 5.65. The van der Waals surface area contributed by atoms with E-state index in [2.05, 4.69) is 45.2 Å². The summed E-state index contributed by atoms with van der Waals surface area (Å²) in [4.78, 5) is 0. The van der Waals surface area contributed by atoms with E-state index in [9.17, 15) is 5.11 Å². The number of hydrogen-bond acceptors (Lipinski definition) is 1. The fraction of sp³-hybridized carbons (Fsp3) is 0.400. The molecule has 0 fully saturated rings. The quantitative estimate of drug-likeness (QED) is 0.751. The van der Waals surface area contributed by atoms with Crippen LogP contribution in [0.15, 0.2) is 18.2 Å². The molecule has 1 aromatic rings. The molecule has 1 unspecified atom stereocenters. The van der Waals surface area contributed by atoms with Crippen LogP contribution in [0, 0.1) is 13.1 Å². The zero-order valence-corrected chi connectivity index (χ0v) is 11.9. The lowest BCUT2D eigenvalue weighted by Crippen LogP contribution is -2.09. The number of hydrogen-bond donors (Lipinski definition) is 1. The van der Waals surface area contributed by atoms with Crippen LogP contribution in [0.5, 0.6) is 0 Å². The molecule has 0 amide bonds. The van der Waals surface area contributed by atoms with Crippen LogP contribution < -0.4 is 0 Å². The molecule has 0 radical (unpaired) electrons. The molecule has 13 heavy (non-hydrogen) atoms. The van der Waals surface area contributed by atoms with Gasteiger partial charge < -0.3 is 5.11 Å². The first-order chi connectivity index (χ1) is 6.04. The van der Waals surface area contributed by atoms with E-state index in [1.807, 2.05) is 32.0 Å². The number of rotatable bonds is 2. The molecule has 0 saturated heterocycles. The SMILES string of the molecule is CC(C)C(O)c1c(I)cccc1I. The first-order valence-corrected chi connectivity index (χ1v) is 6.31. The highest BCUT2D eigenvalue weighted by molar-refractivity contribution is 14.1. The van der Waals surface area contributed by atoms with Crippen LogP contribution in [0.1, 0.15) is 25.5 Å². The van der Waals surface area contributed by atoms with Gasteiger partial charge in [0.15, 0.2) is 0 Å². The molecule has 0 aliphatic rings. The van der Waals surface area contributed by atoms with Crippen molar-refractivity contribution in [2.45, 2.75) is 20.0 Å². The van der Waals surface area contributed by atoms with Gasteiger partial charge in [0, 0.05) is 12.7 Å². The molecule has 0 bridgehead atoms. The fourth-order valence-electron chi connectivity index (χ4n) is 1.13. The Bertz CT molecular complexity index is 277. The minimum atomic E-state index is -0.347. The van der Waals surface area contributed by atoms with Crippen molar-refractivity contribution in [2.24, 2.45) is 5.92 Å². The maximum atomic E-state index is 9.95. The average molecular weight is 402 g/mol. The molecule has 0 spiro atoms. The molecule has 1 nitrogen and oxygen atoms in total. The van der Waals surface area contributed by atoms with E-state index in [1.54, 1.807) is 0 Å². The highest BCUT2D eigenvalue weighted by atomic mass is 127. The van der Waals surface area contributed by atoms with Crippen LogP contribution >= 0.6 is 45.2 Å². The van der Waals surface area contributed by atoms with Crippen molar-refractivity contribution in [2.75, 3.05) is 0 Å². The molecule has 1 rings (SSSR count). The van der Waals surface area contributed by atoms with Crippen LogP contribution in [-0.4, -0.2) is 5.11 Å². The van der Waals surface area contributed by atoms with Crippen molar-refractivity contribution in [1.29, 1.82) is 0 Å². The van der Waals surface area contributed by atoms with Gasteiger partial charge in [0.05, 0.1) is 6.10 Å². The average Bonchev–Trinajstić information content (AvgIpc) is 2.03. The van der Waals surface area contributed by atoms with Crippen LogP contribution in [0.2, 0.25) is 0 Å². The zero-order chi connectivity index (χ0) is 10.0. The largest absolute Gasteiger partial charge is 0.388 e. The third kappa shape index (κ3) is 2.79. The van der Waals surface area contributed by atoms with Crippen molar-refractivity contribution in [3.8, 4) is 0 Å². The van der Waals surface area contributed by atoms with Crippen molar-refractivity contribution in [3.63, 3.8) is 0 Å². The van der Waals surface area contributed by atoms with Gasteiger partial charge in [-0.2, -0.15) is 0 Å². The molecule has 1 N–H and O–H groups in total. The van der Waals surface area contributed by atoms with Crippen LogP contribution in [0.25, 0.3) is 0 Å². The van der Waals surface area contributed by atoms with Gasteiger partial charge in [0.25, 0.3) is 0 Å². The summed E-state index contributed by atoms with van der Waals surface area (Å²) in [7, 11) is 0. The Balaban J connectivity index is 3.12. The van der Waals surface area contributed by atoms with Crippen LogP contribution in [0.3, 0.4) is 0 Å². The van der Waals surface area contributed by atoms with Gasteiger partial charge in [-0.15, -0.1) is 0 Å². The molecule has 3 heteroatoms. The number of aliphatic hydroxyl groups excluding tert-OH is 1. The topological polar surface area (TPSA) is 20.2 Å². The summed E-state index contributed by atoms with van der Waals surface area (Å²) in [5.74, 6) is 0.268. The highest BCUT2D eigenvalue weighted by Gasteiger charge is 2.17. The van der Waals surface area contributed by atoms with Gasteiger partial charge in [0.2, 0.25) is 0 Å². The van der Waals surface area contributed by atoms with Crippen molar-refractivity contribution in [3.05, 3.63) is 30.9 Å². The molecule has 0 aliphatic heterocycles. The Morgan fingerprint density at radius 2 is 1.62 bits per heavy atom. The van der Waals surface area contributed by atoms with Crippen molar-refractivity contribution < 1.29 is 5.11 Å². The third-order valence-electron chi connectivity index (χ3n) is 1.93. The van der Waals surface area contributed by atoms with Gasteiger partial charge in [-0.3, -0.25) is 0 Å². The van der Waals surface area contributed by atoms with Crippen molar-refractivity contribution in [1.82, 2.24) is 0 Å². The normalized spacial score (nSPS) is 13.4. The Hall–Kier alpha value is 0.640. The van der Waals surface area contributed by atoms with Gasteiger partial charge in [-0.25, -0.2) is 0 Å². The summed E-state index contributed by atoms with van der Waals surface area (Å²) in [5, 5.41) is 9.95. The lowest BCUT2D eigenvalue weighted by molar-refractivity contribution is 0.125. The van der Waals surface area contributed by atoms with Gasteiger partial charge >= 0.3 is 0 Å². The summed E-state index contributed by atoms with van der Waals surface area (Å²) in [6, 6.07) is 6.08. The van der Waals surface area contributed by atoms with E-state index < -0.39 is 0 Å². The summed E-state index contributed by atoms with van der Waals surface area (Å²) < 4.78 is 2.29. The highest BCUT2D eigenvalue weighted by Crippen LogP contribution is 2.29. The van der Waals surface area contributed by atoms with Gasteiger partial charge in [-0.1, -0.05) is 19.9 Å². The Labute approximate surface area is 106 Å². The van der Waals surface area contributed by atoms with E-state index in [4.69, 9.17) is 0 Å². The second kappa shape index (κ2) is 4.93. The molecule has 0 aromatic heterocycles. The molecule has 0 heterocycles. The Kier molecular flexibility index (Phi) is 4.44. The van der Waals surface area contributed by atoms with Crippen molar-refractivity contribution >= 4 is 45.2 Å². The van der Waals surface area contributed by atoms with E-state index >= 15 is 0 Å². The molecule has 0 saturated carbocycles. The zero-order valence-electron chi connectivity index (χ0n) is 7.59. The summed E-state index contributed by atoms with van der Waals surface area (Å²) in [5.41, 5.74) is 1.07. The summed E-state index contributed by atoms with van der Waals surface area (Å²) >= 11 is 4.54. The molecular weight excluding hydrogens is 390 g/mol. The first kappa shape index (κ1) is 11.7. The van der Waals surface area contributed by atoms with E-state index in [-0.39, 0.29) is 12.0 Å². The maximum absolute atomic E-state index is 9.95. The summed E-state index contributed by atoms with van der Waals surface area (Å²) in [6.45, 7) is 4.06. The van der Waals surface area contributed by atoms with Crippen LogP contribution in [-0.2, 0) is 0 Å². The minimum Gasteiger partial charge on any atom is -0.388 e. The fourth-order valence-corrected chi connectivity index (χ4v) is 3.28. The number of halogens is 2. The Morgan fingerprint density at radius 3 is 2.00 bits per heavy atom. The molecule has 1 aromatic carbocycles. The molecular formula is C10H12I2O. The van der Waals surface area contributed by atoms with E-state index in [0.717, 1.165) is 12.7 Å². The monoisotopic (exact) mass is 402 g/mol. The first-order valence-electron chi connectivity index (χ1n) is 4.16. The van der Waals surface area contributed by atoms with Gasteiger partial charge in [0.1, 0.15) is 0 Å². The minimum absolute atomic E-state index is 0.268. The predicted molar refractivity (Wildman–Crippen MR) is 71.7 cm³/mol. The number of aliphatic hydroxyl groups is 1. The van der Waals surface area contributed by atoms with E-state index in [1.165, 1.54) is 0 Å². The second-order valence-electron chi connectivity index (χ2n) is 3.32. The third-order valence-corrected chi connectivity index (χ3v) is 3.81. The summed E-state index contributed by atoms with van der Waals surface area (Å²) in [6.07, 6.45) is -0.347. The molecule has 1 atom stereocenters. The number of benzene rings is 1. The maximum Gasteiger partial charge on any atom is 0.0833 e. The molecule has 72 valence electrons. The lowest BCUT2D eigenvalue weighted by atomic mass is 9.99. The lowest BCUT2D eigenvalue weighted by Gasteiger charge is -2.17. The predicted octanol–water partition coefficient (Wildman–Crippen LogP) is 3.59. The Morgan fingerprint density at radius 1 is 1.15 bits per heavy atom. The molecule has 0 aliphatic carbocycles. The smallest absolute Gasteiger partial charge is 0.0833 e. The van der Waals surface area contributed by atoms with E-state index in [0.29, 0.717) is 0 Å². The van der Waals surface area contributed by atoms with Gasteiger partial charge in [-0.05, 0) is 63.2 Å². The van der Waals surface area contributed by atoms with Crippen LogP contribution in [0.4, 0.5) is 0 Å².